The maximum atomic E-state index is 14.8. The monoisotopic (exact) mass is 437 g/mol. The van der Waals surface area contributed by atoms with Crippen LogP contribution in [0.4, 0.5) is 15.8 Å². The number of hydrogen-bond donors (Lipinski definition) is 2. The molecule has 1 unspecified atom stereocenters. The van der Waals surface area contributed by atoms with E-state index < -0.39 is 6.10 Å². The minimum absolute atomic E-state index is 0.227. The minimum atomic E-state index is -0.655. The first-order valence-corrected chi connectivity index (χ1v) is 11.1. The topological polar surface area (TPSA) is 55.8 Å². The number of aldehydes is 1. The van der Waals surface area contributed by atoms with E-state index in [1.165, 1.54) is 6.07 Å². The summed E-state index contributed by atoms with van der Waals surface area (Å²) in [6, 6.07) is 11.1. The van der Waals surface area contributed by atoms with E-state index in [0.717, 1.165) is 36.9 Å². The molecule has 0 radical (unpaired) electrons. The van der Waals surface area contributed by atoms with Crippen molar-refractivity contribution in [1.82, 2.24) is 4.90 Å². The second-order valence-electron chi connectivity index (χ2n) is 8.42. The van der Waals surface area contributed by atoms with E-state index in [1.807, 2.05) is 25.1 Å². The largest absolute Gasteiger partial charge is 0.385 e. The first-order chi connectivity index (χ1) is 15.4. The number of halogens is 1. The number of likely N-dealkylation sites (N-methyl/N-ethyl adjacent to an activating group) is 1. The molecule has 3 rings (SSSR count). The van der Waals surface area contributed by atoms with Gasteiger partial charge in [-0.1, -0.05) is 24.8 Å². The molecule has 0 bridgehead atoms. The highest BCUT2D eigenvalue weighted by molar-refractivity contribution is 5.77. The molecule has 2 atom stereocenters. The molecule has 0 spiro atoms. The maximum Gasteiger partial charge on any atom is 0.150 e. The number of rotatable bonds is 8. The predicted octanol–water partition coefficient (Wildman–Crippen LogP) is 3.56. The van der Waals surface area contributed by atoms with Crippen LogP contribution in [0.25, 0.3) is 0 Å². The van der Waals surface area contributed by atoms with Crippen LogP contribution in [-0.2, 0) is 6.42 Å². The Morgan fingerprint density at radius 1 is 1.31 bits per heavy atom. The average molecular weight is 438 g/mol. The lowest BCUT2D eigenvalue weighted by molar-refractivity contribution is 0.112. The molecule has 0 amide bonds. The minimum Gasteiger partial charge on any atom is -0.385 e. The van der Waals surface area contributed by atoms with Crippen LogP contribution in [0, 0.1) is 17.7 Å². The molecule has 170 valence electrons. The van der Waals surface area contributed by atoms with Gasteiger partial charge in [-0.3, -0.25) is 4.79 Å². The number of carbonyl (C=O) groups is 1. The van der Waals surface area contributed by atoms with Gasteiger partial charge in [0.2, 0.25) is 0 Å². The molecule has 0 saturated carbocycles. The third-order valence-electron chi connectivity index (χ3n) is 5.95. The Balaban J connectivity index is 1.62. The average Bonchev–Trinajstić information content (AvgIpc) is 3.28. The zero-order valence-electron chi connectivity index (χ0n) is 19.1. The Hall–Kier alpha value is -2.88. The van der Waals surface area contributed by atoms with E-state index in [2.05, 4.69) is 41.1 Å². The summed E-state index contributed by atoms with van der Waals surface area (Å²) in [6.45, 7) is 4.11. The molecule has 5 nitrogen and oxygen atoms in total. The number of benzene rings is 2. The number of hydrogen-bond acceptors (Lipinski definition) is 5. The van der Waals surface area contributed by atoms with Gasteiger partial charge in [-0.05, 0) is 69.3 Å². The fraction of sp³-hybridized carbons (Fsp3) is 0.423. The summed E-state index contributed by atoms with van der Waals surface area (Å²) in [5, 5.41) is 12.9. The number of anilines is 2. The van der Waals surface area contributed by atoms with Crippen LogP contribution in [-0.4, -0.2) is 62.2 Å². The number of nitrogens with one attached hydrogen (secondary N) is 1. The van der Waals surface area contributed by atoms with Gasteiger partial charge in [-0.15, -0.1) is 0 Å². The summed E-state index contributed by atoms with van der Waals surface area (Å²) in [4.78, 5) is 15.7. The van der Waals surface area contributed by atoms with Crippen molar-refractivity contribution in [3.05, 3.63) is 58.9 Å². The van der Waals surface area contributed by atoms with Gasteiger partial charge >= 0.3 is 0 Å². The first kappa shape index (κ1) is 23.8. The van der Waals surface area contributed by atoms with Crippen molar-refractivity contribution < 1.29 is 14.3 Å². The van der Waals surface area contributed by atoms with Crippen molar-refractivity contribution in [3.8, 4) is 11.8 Å². The molecule has 1 aliphatic heterocycles. The summed E-state index contributed by atoms with van der Waals surface area (Å²) >= 11 is 0. The van der Waals surface area contributed by atoms with Crippen LogP contribution in [0.2, 0.25) is 0 Å². The van der Waals surface area contributed by atoms with Crippen molar-refractivity contribution >= 4 is 17.7 Å². The van der Waals surface area contributed by atoms with Crippen molar-refractivity contribution in [1.29, 1.82) is 0 Å². The van der Waals surface area contributed by atoms with E-state index >= 15 is 0 Å². The van der Waals surface area contributed by atoms with Gasteiger partial charge in [0.1, 0.15) is 18.2 Å². The van der Waals surface area contributed by atoms with Crippen molar-refractivity contribution in [2.24, 2.45) is 0 Å². The number of aliphatic hydroxyl groups excluding tert-OH is 1. The Morgan fingerprint density at radius 3 is 2.78 bits per heavy atom. The van der Waals surface area contributed by atoms with Gasteiger partial charge in [-0.2, -0.15) is 0 Å². The summed E-state index contributed by atoms with van der Waals surface area (Å²) in [6.07, 6.45) is 2.38. The van der Waals surface area contributed by atoms with Crippen LogP contribution in [0.3, 0.4) is 0 Å². The second-order valence-corrected chi connectivity index (χ2v) is 8.42. The van der Waals surface area contributed by atoms with Gasteiger partial charge in [0, 0.05) is 42.5 Å². The Morgan fingerprint density at radius 2 is 2.12 bits per heavy atom. The summed E-state index contributed by atoms with van der Waals surface area (Å²) < 4.78 is 14.8. The quantitative estimate of drug-likeness (QED) is 0.489. The molecule has 6 heteroatoms. The Kier molecular flexibility index (Phi) is 8.26. The molecule has 1 heterocycles. The van der Waals surface area contributed by atoms with Crippen molar-refractivity contribution in [2.45, 2.75) is 38.3 Å². The highest BCUT2D eigenvalue weighted by Gasteiger charge is 2.25. The molecule has 1 saturated heterocycles. The van der Waals surface area contributed by atoms with E-state index in [4.69, 9.17) is 0 Å². The highest BCUT2D eigenvalue weighted by Crippen LogP contribution is 2.27. The van der Waals surface area contributed by atoms with Crippen LogP contribution in [0.1, 0.15) is 41.3 Å². The lowest BCUT2D eigenvalue weighted by Crippen LogP contribution is -2.31. The third-order valence-corrected chi connectivity index (χ3v) is 5.95. The van der Waals surface area contributed by atoms with Crippen LogP contribution in [0.5, 0.6) is 0 Å². The van der Waals surface area contributed by atoms with Gasteiger partial charge in [0.25, 0.3) is 0 Å². The second kappa shape index (κ2) is 11.1. The number of nitrogens with zero attached hydrogens (tertiary/aromatic N) is 2. The molecule has 2 N–H and O–H groups in total. The van der Waals surface area contributed by atoms with E-state index in [-0.39, 0.29) is 5.82 Å². The fourth-order valence-corrected chi connectivity index (χ4v) is 3.88. The van der Waals surface area contributed by atoms with Crippen LogP contribution >= 0.6 is 0 Å². The first-order valence-electron chi connectivity index (χ1n) is 11.1. The molecule has 1 aliphatic rings. The fourth-order valence-electron chi connectivity index (χ4n) is 3.88. The number of aliphatic hydroxyl groups is 1. The summed E-state index contributed by atoms with van der Waals surface area (Å²) in [5.41, 5.74) is 3.59. The third kappa shape index (κ3) is 6.09. The predicted molar refractivity (Wildman–Crippen MR) is 128 cm³/mol. The summed E-state index contributed by atoms with van der Waals surface area (Å²) in [7, 11) is 4.12. The lowest BCUT2D eigenvalue weighted by Gasteiger charge is -2.22. The maximum absolute atomic E-state index is 14.8. The van der Waals surface area contributed by atoms with Crippen molar-refractivity contribution in [2.75, 3.05) is 43.9 Å². The molecule has 1 fully saturated rings. The molecule has 0 aromatic heterocycles. The van der Waals surface area contributed by atoms with Gasteiger partial charge in [-0.25, -0.2) is 4.39 Å². The number of carbonyl (C=O) groups excluding carboxylic acids is 1. The van der Waals surface area contributed by atoms with Crippen LogP contribution in [0.15, 0.2) is 36.4 Å². The highest BCUT2D eigenvalue weighted by atomic mass is 19.1. The van der Waals surface area contributed by atoms with Crippen molar-refractivity contribution in [3.63, 3.8) is 0 Å². The molecule has 2 aromatic carbocycles. The standard InChI is InChI=1S/C26H32FN3O2/c1-4-24(32)9-6-19-5-7-21(18-31)20(15-19)11-13-28-22-8-10-26(25(27)16-22)30-14-12-23(17-30)29(2)3/h5,7-8,10,15-16,18,23-24,28,32H,4,11-14,17H2,1-3H3/t23-,24?/m1/s1. The van der Waals surface area contributed by atoms with E-state index in [0.29, 0.717) is 42.4 Å². The lowest BCUT2D eigenvalue weighted by atomic mass is 10.0. The SMILES string of the molecule is CCC(O)C#Cc1ccc(C=O)c(CCNc2ccc(N3CC[C@@H](N(C)C)C3)c(F)c2)c1. The van der Waals surface area contributed by atoms with Gasteiger partial charge < -0.3 is 20.2 Å². The zero-order chi connectivity index (χ0) is 23.1. The van der Waals surface area contributed by atoms with Gasteiger partial charge in [0.05, 0.1) is 5.69 Å². The smallest absolute Gasteiger partial charge is 0.150 e. The molecule has 0 aliphatic carbocycles. The molecule has 2 aromatic rings. The Bertz CT molecular complexity index is 996. The normalized spacial score (nSPS) is 16.6. The van der Waals surface area contributed by atoms with Crippen LogP contribution < -0.4 is 10.2 Å². The van der Waals surface area contributed by atoms with Gasteiger partial charge in [0.15, 0.2) is 0 Å². The summed E-state index contributed by atoms with van der Waals surface area (Å²) in [5.74, 6) is 5.52. The zero-order valence-corrected chi connectivity index (χ0v) is 19.1. The molecular weight excluding hydrogens is 405 g/mol. The van der Waals surface area contributed by atoms with E-state index in [9.17, 15) is 14.3 Å². The Labute approximate surface area is 190 Å². The molecular formula is C26H32FN3O2. The molecule has 32 heavy (non-hydrogen) atoms. The van der Waals surface area contributed by atoms with E-state index in [1.54, 1.807) is 12.1 Å².